The Labute approximate surface area is 136 Å². The Balaban J connectivity index is 1.57. The number of amides is 1. The van der Waals surface area contributed by atoms with Gasteiger partial charge < -0.3 is 9.80 Å². The molecule has 0 aromatic heterocycles. The van der Waals surface area contributed by atoms with Crippen LogP contribution in [-0.2, 0) is 11.3 Å². The van der Waals surface area contributed by atoms with E-state index in [1.54, 1.807) is 0 Å². The molecule has 6 nitrogen and oxygen atoms in total. The maximum absolute atomic E-state index is 12.0. The molecule has 0 radical (unpaired) electrons. The van der Waals surface area contributed by atoms with Crippen molar-refractivity contribution >= 4 is 11.6 Å². The second kappa shape index (κ2) is 7.38. The van der Waals surface area contributed by atoms with Gasteiger partial charge in [0.05, 0.1) is 0 Å². The smallest absolute Gasteiger partial charge is 0.223 e. The van der Waals surface area contributed by atoms with Crippen LogP contribution in [0.3, 0.4) is 0 Å². The van der Waals surface area contributed by atoms with Gasteiger partial charge in [0, 0.05) is 49.7 Å². The molecule has 1 unspecified atom stereocenters. The number of hydrogen-bond donors (Lipinski definition) is 0. The van der Waals surface area contributed by atoms with Crippen LogP contribution in [0.25, 0.3) is 10.4 Å². The van der Waals surface area contributed by atoms with E-state index < -0.39 is 0 Å². The van der Waals surface area contributed by atoms with Crippen LogP contribution in [0.4, 0.5) is 5.69 Å². The molecule has 0 saturated carbocycles. The highest BCUT2D eigenvalue weighted by Crippen LogP contribution is 2.23. The lowest BCUT2D eigenvalue weighted by molar-refractivity contribution is -0.128. The summed E-state index contributed by atoms with van der Waals surface area (Å²) in [6.45, 7) is 4.03. The van der Waals surface area contributed by atoms with E-state index in [2.05, 4.69) is 39.2 Å². The second-order valence-corrected chi connectivity index (χ2v) is 6.47. The quantitative estimate of drug-likeness (QED) is 0.475. The molecular formula is C17H23N5O. The van der Waals surface area contributed by atoms with Crippen molar-refractivity contribution < 1.29 is 4.79 Å². The van der Waals surface area contributed by atoms with Gasteiger partial charge >= 0.3 is 0 Å². The van der Waals surface area contributed by atoms with E-state index in [1.807, 2.05) is 4.90 Å². The maximum Gasteiger partial charge on any atom is 0.223 e. The SMILES string of the molecule is [N-]=[N+]=NCC1CC(=O)N(Cc2ccc(N3CCCCC3)cc2)C1. The summed E-state index contributed by atoms with van der Waals surface area (Å²) in [5.74, 6) is 0.314. The van der Waals surface area contributed by atoms with Crippen LogP contribution in [0.2, 0.25) is 0 Å². The van der Waals surface area contributed by atoms with Gasteiger partial charge in [-0.1, -0.05) is 17.2 Å². The standard InChI is InChI=1S/C17H23N5O/c18-20-19-11-15-10-17(23)22(13-15)12-14-4-6-16(7-5-14)21-8-2-1-3-9-21/h4-7,15H,1-3,8-13H2. The fourth-order valence-corrected chi connectivity index (χ4v) is 3.47. The molecule has 2 aliphatic rings. The summed E-state index contributed by atoms with van der Waals surface area (Å²) in [6.07, 6.45) is 4.38. The van der Waals surface area contributed by atoms with Crippen LogP contribution >= 0.6 is 0 Å². The number of likely N-dealkylation sites (tertiary alicyclic amines) is 1. The average Bonchev–Trinajstić information content (AvgIpc) is 2.94. The van der Waals surface area contributed by atoms with E-state index >= 15 is 0 Å². The molecule has 1 aromatic carbocycles. The monoisotopic (exact) mass is 313 g/mol. The number of piperidine rings is 1. The molecule has 0 N–H and O–H groups in total. The molecule has 1 amide bonds. The van der Waals surface area contributed by atoms with E-state index in [0.717, 1.165) is 18.7 Å². The molecular weight excluding hydrogens is 290 g/mol. The average molecular weight is 313 g/mol. The lowest BCUT2D eigenvalue weighted by Gasteiger charge is -2.29. The zero-order chi connectivity index (χ0) is 16.1. The van der Waals surface area contributed by atoms with Crippen molar-refractivity contribution in [1.29, 1.82) is 0 Å². The first-order valence-corrected chi connectivity index (χ1v) is 8.39. The third-order valence-corrected chi connectivity index (χ3v) is 4.73. The van der Waals surface area contributed by atoms with E-state index in [1.165, 1.54) is 24.9 Å². The molecule has 1 atom stereocenters. The topological polar surface area (TPSA) is 72.3 Å². The number of rotatable bonds is 5. The first kappa shape index (κ1) is 15.7. The van der Waals surface area contributed by atoms with E-state index in [9.17, 15) is 4.79 Å². The Morgan fingerprint density at radius 3 is 2.61 bits per heavy atom. The second-order valence-electron chi connectivity index (χ2n) is 6.47. The van der Waals surface area contributed by atoms with Gasteiger partial charge in [0.25, 0.3) is 0 Å². The van der Waals surface area contributed by atoms with Crippen molar-refractivity contribution in [3.63, 3.8) is 0 Å². The Bertz CT molecular complexity index is 588. The molecule has 0 aliphatic carbocycles. The van der Waals surface area contributed by atoms with Crippen molar-refractivity contribution in [2.75, 3.05) is 31.1 Å². The first-order valence-electron chi connectivity index (χ1n) is 8.39. The minimum Gasteiger partial charge on any atom is -0.372 e. The van der Waals surface area contributed by atoms with Crippen LogP contribution in [0, 0.1) is 5.92 Å². The minimum absolute atomic E-state index is 0.156. The van der Waals surface area contributed by atoms with Gasteiger partial charge in [0.2, 0.25) is 5.91 Å². The molecule has 0 spiro atoms. The summed E-state index contributed by atoms with van der Waals surface area (Å²) in [5.41, 5.74) is 10.8. The van der Waals surface area contributed by atoms with Crippen molar-refractivity contribution in [1.82, 2.24) is 4.90 Å². The first-order chi connectivity index (χ1) is 11.3. The van der Waals surface area contributed by atoms with E-state index in [4.69, 9.17) is 5.53 Å². The summed E-state index contributed by atoms with van der Waals surface area (Å²) >= 11 is 0. The van der Waals surface area contributed by atoms with Crippen molar-refractivity contribution in [2.24, 2.45) is 11.0 Å². The van der Waals surface area contributed by atoms with E-state index in [0.29, 0.717) is 26.1 Å². The summed E-state index contributed by atoms with van der Waals surface area (Å²) < 4.78 is 0. The number of nitrogens with zero attached hydrogens (tertiary/aromatic N) is 5. The van der Waals surface area contributed by atoms with Crippen molar-refractivity contribution in [2.45, 2.75) is 32.2 Å². The number of hydrogen-bond acceptors (Lipinski definition) is 3. The highest BCUT2D eigenvalue weighted by Gasteiger charge is 2.28. The van der Waals surface area contributed by atoms with Gasteiger partial charge in [-0.05, 0) is 48.4 Å². The normalized spacial score (nSPS) is 21.4. The largest absolute Gasteiger partial charge is 0.372 e. The van der Waals surface area contributed by atoms with Crippen LogP contribution < -0.4 is 4.90 Å². The highest BCUT2D eigenvalue weighted by molar-refractivity contribution is 5.78. The van der Waals surface area contributed by atoms with Crippen LogP contribution in [0.1, 0.15) is 31.2 Å². The van der Waals surface area contributed by atoms with Gasteiger partial charge in [0.1, 0.15) is 0 Å². The minimum atomic E-state index is 0.156. The zero-order valence-corrected chi connectivity index (χ0v) is 13.4. The Kier molecular flexibility index (Phi) is 5.03. The zero-order valence-electron chi connectivity index (χ0n) is 13.4. The molecule has 2 heterocycles. The number of carbonyl (C=O) groups excluding carboxylic acids is 1. The molecule has 0 bridgehead atoms. The fourth-order valence-electron chi connectivity index (χ4n) is 3.47. The molecule has 122 valence electrons. The molecule has 2 aliphatic heterocycles. The molecule has 2 saturated heterocycles. The lowest BCUT2D eigenvalue weighted by Crippen LogP contribution is -2.29. The summed E-state index contributed by atoms with van der Waals surface area (Å²) in [4.78, 5) is 19.1. The number of anilines is 1. The van der Waals surface area contributed by atoms with Crippen LogP contribution in [-0.4, -0.2) is 37.0 Å². The van der Waals surface area contributed by atoms with Crippen molar-refractivity contribution in [3.8, 4) is 0 Å². The van der Waals surface area contributed by atoms with Gasteiger partial charge in [-0.25, -0.2) is 0 Å². The summed E-state index contributed by atoms with van der Waals surface area (Å²) in [5, 5.41) is 3.59. The number of azide groups is 1. The Morgan fingerprint density at radius 1 is 1.17 bits per heavy atom. The van der Waals surface area contributed by atoms with Gasteiger partial charge in [0.15, 0.2) is 0 Å². The van der Waals surface area contributed by atoms with Crippen LogP contribution in [0.15, 0.2) is 29.4 Å². The summed E-state index contributed by atoms with van der Waals surface area (Å²) in [6, 6.07) is 8.58. The maximum atomic E-state index is 12.0. The van der Waals surface area contributed by atoms with Gasteiger partial charge in [-0.15, -0.1) is 0 Å². The van der Waals surface area contributed by atoms with Crippen molar-refractivity contribution in [3.05, 3.63) is 40.3 Å². The predicted octanol–water partition coefficient (Wildman–Crippen LogP) is 3.34. The summed E-state index contributed by atoms with van der Waals surface area (Å²) in [7, 11) is 0. The third-order valence-electron chi connectivity index (χ3n) is 4.73. The molecule has 1 aromatic rings. The highest BCUT2D eigenvalue weighted by atomic mass is 16.2. The number of benzene rings is 1. The molecule has 2 fully saturated rings. The lowest BCUT2D eigenvalue weighted by atomic mass is 10.1. The fraction of sp³-hybridized carbons (Fsp3) is 0.588. The number of carbonyl (C=O) groups is 1. The van der Waals surface area contributed by atoms with Gasteiger partial charge in [-0.3, -0.25) is 4.79 Å². The van der Waals surface area contributed by atoms with Crippen LogP contribution in [0.5, 0.6) is 0 Å². The Morgan fingerprint density at radius 2 is 1.91 bits per heavy atom. The third kappa shape index (κ3) is 3.96. The predicted molar refractivity (Wildman–Crippen MR) is 90.0 cm³/mol. The molecule has 23 heavy (non-hydrogen) atoms. The molecule has 3 rings (SSSR count). The van der Waals surface area contributed by atoms with E-state index in [-0.39, 0.29) is 11.8 Å². The van der Waals surface area contributed by atoms with Gasteiger partial charge in [-0.2, -0.15) is 0 Å². The molecule has 6 heteroatoms. The Hall–Kier alpha value is -2.20.